The predicted molar refractivity (Wildman–Crippen MR) is 44.9 cm³/mol. The van der Waals surface area contributed by atoms with Crippen molar-refractivity contribution in [1.29, 1.82) is 0 Å². The molecule has 0 fully saturated rings. The molecule has 0 bridgehead atoms. The van der Waals surface area contributed by atoms with Gasteiger partial charge < -0.3 is 0 Å². The second-order valence-corrected chi connectivity index (χ2v) is 4.80. The number of nitroso groups, excluding NO2 is 1. The Bertz CT molecular complexity index is 488. The van der Waals surface area contributed by atoms with E-state index in [1.165, 1.54) is 0 Å². The monoisotopic (exact) mass is 241 g/mol. The van der Waals surface area contributed by atoms with Gasteiger partial charge in [0.05, 0.1) is 0 Å². The molecular formula is C6H2ClF2NO3S. The van der Waals surface area contributed by atoms with Crippen LogP contribution >= 0.6 is 10.7 Å². The van der Waals surface area contributed by atoms with E-state index in [1.807, 2.05) is 0 Å². The van der Waals surface area contributed by atoms with Crippen LogP contribution in [0.2, 0.25) is 0 Å². The summed E-state index contributed by atoms with van der Waals surface area (Å²) in [7, 11) is 0.460. The minimum atomic E-state index is -4.35. The molecular weight excluding hydrogens is 240 g/mol. The van der Waals surface area contributed by atoms with Gasteiger partial charge in [-0.1, -0.05) is 0 Å². The van der Waals surface area contributed by atoms with Gasteiger partial charge in [-0.15, -0.1) is 4.91 Å². The van der Waals surface area contributed by atoms with Crippen molar-refractivity contribution < 1.29 is 17.2 Å². The Morgan fingerprint density at radius 2 is 1.79 bits per heavy atom. The quantitative estimate of drug-likeness (QED) is 0.589. The molecule has 0 aromatic heterocycles. The maximum atomic E-state index is 12.8. The van der Waals surface area contributed by atoms with E-state index in [1.54, 1.807) is 0 Å². The fourth-order valence-corrected chi connectivity index (χ4v) is 1.67. The summed E-state index contributed by atoms with van der Waals surface area (Å²) in [5, 5.41) is 2.17. The largest absolute Gasteiger partial charge is 0.264 e. The number of benzene rings is 1. The number of rotatable bonds is 2. The van der Waals surface area contributed by atoms with Gasteiger partial charge in [-0.2, -0.15) is 0 Å². The summed E-state index contributed by atoms with van der Waals surface area (Å²) in [4.78, 5) is 8.99. The normalized spacial score (nSPS) is 11.4. The molecule has 1 rings (SSSR count). The highest BCUT2D eigenvalue weighted by Gasteiger charge is 2.19. The Balaban J connectivity index is 3.55. The van der Waals surface area contributed by atoms with Crippen molar-refractivity contribution >= 4 is 25.4 Å². The molecule has 76 valence electrons. The van der Waals surface area contributed by atoms with E-state index in [0.717, 1.165) is 0 Å². The zero-order valence-corrected chi connectivity index (χ0v) is 7.94. The second-order valence-electron chi connectivity index (χ2n) is 2.26. The van der Waals surface area contributed by atoms with Gasteiger partial charge in [-0.3, -0.25) is 0 Å². The molecule has 0 unspecified atom stereocenters. The summed E-state index contributed by atoms with van der Waals surface area (Å²) in [6.07, 6.45) is 0. The van der Waals surface area contributed by atoms with Crippen molar-refractivity contribution in [3.05, 3.63) is 28.7 Å². The van der Waals surface area contributed by atoms with Crippen LogP contribution < -0.4 is 0 Å². The van der Waals surface area contributed by atoms with Gasteiger partial charge in [-0.25, -0.2) is 17.2 Å². The summed E-state index contributed by atoms with van der Waals surface area (Å²) in [6.45, 7) is 0. The number of halogens is 3. The predicted octanol–water partition coefficient (Wildman–Crippen LogP) is 2.29. The summed E-state index contributed by atoms with van der Waals surface area (Å²) < 4.78 is 46.8. The van der Waals surface area contributed by atoms with Crippen molar-refractivity contribution in [2.45, 2.75) is 4.90 Å². The van der Waals surface area contributed by atoms with E-state index in [-0.39, 0.29) is 6.07 Å². The summed E-state index contributed by atoms with van der Waals surface area (Å²) in [6, 6.07) is 0.659. The smallest absolute Gasteiger partial charge is 0.207 e. The molecule has 4 nitrogen and oxygen atoms in total. The molecule has 0 amide bonds. The maximum Gasteiger partial charge on any atom is 0.264 e. The van der Waals surface area contributed by atoms with Crippen molar-refractivity contribution in [2.24, 2.45) is 5.18 Å². The Labute approximate surface area is 81.9 Å². The van der Waals surface area contributed by atoms with Crippen LogP contribution in [0.5, 0.6) is 0 Å². The third kappa shape index (κ3) is 2.05. The fourth-order valence-electron chi connectivity index (χ4n) is 0.775. The minimum absolute atomic E-state index is 0.228. The molecule has 0 spiro atoms. The van der Waals surface area contributed by atoms with Crippen LogP contribution in [0.4, 0.5) is 14.5 Å². The molecule has 0 radical (unpaired) electrons. The van der Waals surface area contributed by atoms with Crippen molar-refractivity contribution in [3.8, 4) is 0 Å². The van der Waals surface area contributed by atoms with Crippen molar-refractivity contribution in [3.63, 3.8) is 0 Å². The first-order valence-electron chi connectivity index (χ1n) is 3.13. The highest BCUT2D eigenvalue weighted by molar-refractivity contribution is 8.13. The zero-order chi connectivity index (χ0) is 10.9. The molecule has 8 heteroatoms. The van der Waals surface area contributed by atoms with Crippen LogP contribution in [-0.4, -0.2) is 8.42 Å². The van der Waals surface area contributed by atoms with Crippen molar-refractivity contribution in [2.75, 3.05) is 0 Å². The van der Waals surface area contributed by atoms with Crippen molar-refractivity contribution in [1.82, 2.24) is 0 Å². The SMILES string of the molecule is O=Nc1cc(S(=O)(=O)Cl)c(F)cc1F. The van der Waals surface area contributed by atoms with E-state index in [4.69, 9.17) is 10.7 Å². The molecule has 0 aliphatic rings. The van der Waals surface area contributed by atoms with E-state index >= 15 is 0 Å². The minimum Gasteiger partial charge on any atom is -0.207 e. The lowest BCUT2D eigenvalue weighted by atomic mass is 10.3. The summed E-state index contributed by atoms with van der Waals surface area (Å²) >= 11 is 0. The molecule has 0 saturated carbocycles. The van der Waals surface area contributed by atoms with Gasteiger partial charge in [0.15, 0.2) is 5.82 Å². The first-order chi connectivity index (χ1) is 6.36. The molecule has 1 aromatic rings. The van der Waals surface area contributed by atoms with Crippen LogP contribution in [0, 0.1) is 16.5 Å². The number of hydrogen-bond acceptors (Lipinski definition) is 4. The van der Waals surface area contributed by atoms with E-state index in [0.29, 0.717) is 6.07 Å². The maximum absolute atomic E-state index is 12.8. The van der Waals surface area contributed by atoms with Gasteiger partial charge in [-0.05, 0) is 11.2 Å². The second kappa shape index (κ2) is 3.58. The molecule has 0 atom stereocenters. The average Bonchev–Trinajstić information content (AvgIpc) is 2.02. The Kier molecular flexibility index (Phi) is 2.81. The average molecular weight is 242 g/mol. The third-order valence-electron chi connectivity index (χ3n) is 1.36. The van der Waals surface area contributed by atoms with Gasteiger partial charge in [0.25, 0.3) is 9.05 Å². The van der Waals surface area contributed by atoms with Gasteiger partial charge >= 0.3 is 0 Å². The van der Waals surface area contributed by atoms with E-state index in [9.17, 15) is 22.1 Å². The highest BCUT2D eigenvalue weighted by atomic mass is 35.7. The first-order valence-corrected chi connectivity index (χ1v) is 5.44. The van der Waals surface area contributed by atoms with Gasteiger partial charge in [0, 0.05) is 16.7 Å². The van der Waals surface area contributed by atoms with Crippen LogP contribution in [0.1, 0.15) is 0 Å². The van der Waals surface area contributed by atoms with Gasteiger partial charge in [0.2, 0.25) is 0 Å². The summed E-state index contributed by atoms with van der Waals surface area (Å²) in [5.41, 5.74) is -0.814. The molecule has 0 aliphatic heterocycles. The highest BCUT2D eigenvalue weighted by Crippen LogP contribution is 2.26. The summed E-state index contributed by atoms with van der Waals surface area (Å²) in [5.74, 6) is -2.62. The molecule has 14 heavy (non-hydrogen) atoms. The molecule has 1 aromatic carbocycles. The van der Waals surface area contributed by atoms with Gasteiger partial charge in [0.1, 0.15) is 16.4 Å². The topological polar surface area (TPSA) is 63.6 Å². The lowest BCUT2D eigenvalue weighted by Crippen LogP contribution is -1.96. The van der Waals surface area contributed by atoms with E-state index < -0.39 is 31.3 Å². The fraction of sp³-hybridized carbons (Fsp3) is 0. The lowest BCUT2D eigenvalue weighted by Gasteiger charge is -1.99. The Hall–Kier alpha value is -1.08. The molecule has 0 heterocycles. The number of hydrogen-bond donors (Lipinski definition) is 0. The van der Waals surface area contributed by atoms with Crippen LogP contribution in [-0.2, 0) is 9.05 Å². The van der Waals surface area contributed by atoms with E-state index in [2.05, 4.69) is 5.18 Å². The first kappa shape index (κ1) is 11.0. The molecule has 0 N–H and O–H groups in total. The van der Waals surface area contributed by atoms with Crippen LogP contribution in [0.25, 0.3) is 0 Å². The third-order valence-corrected chi connectivity index (χ3v) is 2.70. The standard InChI is InChI=1S/C6H2ClF2NO3S/c7-14(12,13)6-2-5(10-11)3(8)1-4(6)9/h1-2H. The zero-order valence-electron chi connectivity index (χ0n) is 6.37. The van der Waals surface area contributed by atoms with Crippen LogP contribution in [0.3, 0.4) is 0 Å². The van der Waals surface area contributed by atoms with Crippen LogP contribution in [0.15, 0.2) is 22.2 Å². The molecule has 0 saturated heterocycles. The number of nitrogens with zero attached hydrogens (tertiary/aromatic N) is 1. The Morgan fingerprint density at radius 3 is 2.21 bits per heavy atom. The lowest BCUT2D eigenvalue weighted by molar-refractivity contribution is 0.555. The molecule has 0 aliphatic carbocycles. The Morgan fingerprint density at radius 1 is 1.21 bits per heavy atom.